The summed E-state index contributed by atoms with van der Waals surface area (Å²) in [5, 5.41) is 12.2. The highest BCUT2D eigenvalue weighted by Gasteiger charge is 2.11. The van der Waals surface area contributed by atoms with Gasteiger partial charge in [0.05, 0.1) is 24.6 Å². The average molecular weight is 292 g/mol. The first-order valence-corrected chi connectivity index (χ1v) is 6.55. The summed E-state index contributed by atoms with van der Waals surface area (Å²) in [6, 6.07) is 0. The van der Waals surface area contributed by atoms with E-state index in [-0.39, 0.29) is 11.4 Å². The van der Waals surface area contributed by atoms with Crippen LogP contribution in [0.25, 0.3) is 0 Å². The van der Waals surface area contributed by atoms with E-state index in [0.29, 0.717) is 6.54 Å². The Hall–Kier alpha value is -2.35. The summed E-state index contributed by atoms with van der Waals surface area (Å²) in [5.74, 6) is -1.60. The Morgan fingerprint density at radius 1 is 1.25 bits per heavy atom. The predicted octanol–water partition coefficient (Wildman–Crippen LogP) is 1.18. The number of hydrogen-bond acceptors (Lipinski definition) is 6. The fraction of sp³-hybridized carbons (Fsp3) is 0.250. The number of thiazole rings is 1. The maximum absolute atomic E-state index is 11.8. The molecule has 0 fully saturated rings. The lowest BCUT2D eigenvalue weighted by atomic mass is 10.4. The van der Waals surface area contributed by atoms with E-state index >= 15 is 0 Å². The molecule has 2 rings (SSSR count). The molecule has 0 unspecified atom stereocenters. The summed E-state index contributed by atoms with van der Waals surface area (Å²) in [4.78, 5) is 35.2. The predicted molar refractivity (Wildman–Crippen MR) is 71.7 cm³/mol. The number of aryl methyl sites for hydroxylation is 2. The lowest BCUT2D eigenvalue weighted by Gasteiger charge is -2.02. The Morgan fingerprint density at radius 3 is 2.40 bits per heavy atom. The van der Waals surface area contributed by atoms with Gasteiger partial charge in [-0.3, -0.25) is 4.79 Å². The zero-order valence-electron chi connectivity index (χ0n) is 10.9. The minimum atomic E-state index is -1.18. The number of hydrogen-bond donors (Lipinski definition) is 2. The van der Waals surface area contributed by atoms with E-state index in [9.17, 15) is 9.59 Å². The van der Waals surface area contributed by atoms with Crippen LogP contribution in [0, 0.1) is 13.8 Å². The van der Waals surface area contributed by atoms with Crippen molar-refractivity contribution in [1.29, 1.82) is 0 Å². The van der Waals surface area contributed by atoms with Crippen molar-refractivity contribution in [1.82, 2.24) is 20.3 Å². The van der Waals surface area contributed by atoms with Gasteiger partial charge in [-0.1, -0.05) is 0 Å². The minimum absolute atomic E-state index is 0.0694. The monoisotopic (exact) mass is 292 g/mol. The van der Waals surface area contributed by atoms with Crippen LogP contribution in [-0.4, -0.2) is 31.9 Å². The SMILES string of the molecule is Cc1nc(CNC(=O)c2cnc(C(=O)O)cn2)sc1C. The molecular weight excluding hydrogens is 280 g/mol. The second kappa shape index (κ2) is 5.74. The maximum Gasteiger partial charge on any atom is 0.356 e. The van der Waals surface area contributed by atoms with Crippen molar-refractivity contribution >= 4 is 23.2 Å². The zero-order chi connectivity index (χ0) is 14.7. The van der Waals surface area contributed by atoms with E-state index < -0.39 is 11.9 Å². The minimum Gasteiger partial charge on any atom is -0.476 e. The van der Waals surface area contributed by atoms with Gasteiger partial charge in [-0.05, 0) is 13.8 Å². The first-order chi connectivity index (χ1) is 9.47. The van der Waals surface area contributed by atoms with E-state index in [1.807, 2.05) is 13.8 Å². The Labute approximate surface area is 118 Å². The third kappa shape index (κ3) is 3.15. The summed E-state index contributed by atoms with van der Waals surface area (Å²) >= 11 is 1.52. The molecule has 0 aliphatic rings. The lowest BCUT2D eigenvalue weighted by molar-refractivity contribution is 0.0689. The molecule has 2 N–H and O–H groups in total. The Kier molecular flexibility index (Phi) is 4.04. The van der Waals surface area contributed by atoms with Crippen molar-refractivity contribution in [3.63, 3.8) is 0 Å². The van der Waals surface area contributed by atoms with Crippen molar-refractivity contribution in [3.05, 3.63) is 39.4 Å². The molecule has 0 saturated heterocycles. The van der Waals surface area contributed by atoms with E-state index in [1.165, 1.54) is 11.3 Å². The van der Waals surface area contributed by atoms with Crippen molar-refractivity contribution in [3.8, 4) is 0 Å². The van der Waals surface area contributed by atoms with Crippen LogP contribution >= 0.6 is 11.3 Å². The summed E-state index contributed by atoms with van der Waals surface area (Å²) < 4.78 is 0. The van der Waals surface area contributed by atoms with E-state index in [1.54, 1.807) is 0 Å². The molecule has 0 aliphatic carbocycles. The smallest absolute Gasteiger partial charge is 0.356 e. The number of amides is 1. The standard InChI is InChI=1S/C12H12N4O3S/c1-6-7(2)20-10(16-6)5-15-11(17)8-3-14-9(4-13-8)12(18)19/h3-4H,5H2,1-2H3,(H,15,17)(H,18,19). The molecule has 2 aromatic heterocycles. The normalized spacial score (nSPS) is 10.3. The molecule has 2 heterocycles. The summed E-state index contributed by atoms with van der Waals surface area (Å²) in [6.45, 7) is 4.18. The van der Waals surface area contributed by atoms with Gasteiger partial charge in [-0.2, -0.15) is 0 Å². The molecule has 0 bridgehead atoms. The molecule has 0 spiro atoms. The van der Waals surface area contributed by atoms with Crippen LogP contribution in [0.4, 0.5) is 0 Å². The van der Waals surface area contributed by atoms with Gasteiger partial charge in [0.15, 0.2) is 5.69 Å². The number of nitrogens with one attached hydrogen (secondary N) is 1. The van der Waals surface area contributed by atoms with Crippen LogP contribution < -0.4 is 5.32 Å². The van der Waals surface area contributed by atoms with Crippen LogP contribution in [0.2, 0.25) is 0 Å². The third-order valence-electron chi connectivity index (χ3n) is 2.58. The van der Waals surface area contributed by atoms with Gasteiger partial charge in [0.25, 0.3) is 5.91 Å². The number of aromatic nitrogens is 3. The van der Waals surface area contributed by atoms with Gasteiger partial charge < -0.3 is 10.4 Å². The highest BCUT2D eigenvalue weighted by Crippen LogP contribution is 2.15. The molecule has 0 radical (unpaired) electrons. The van der Waals surface area contributed by atoms with Gasteiger partial charge in [0.1, 0.15) is 10.7 Å². The lowest BCUT2D eigenvalue weighted by Crippen LogP contribution is -2.24. The summed E-state index contributed by atoms with van der Waals surface area (Å²) in [6.07, 6.45) is 2.19. The molecule has 20 heavy (non-hydrogen) atoms. The van der Waals surface area contributed by atoms with E-state index in [0.717, 1.165) is 28.0 Å². The van der Waals surface area contributed by atoms with Crippen molar-refractivity contribution in [2.45, 2.75) is 20.4 Å². The summed E-state index contributed by atoms with van der Waals surface area (Å²) in [7, 11) is 0. The van der Waals surface area contributed by atoms with Crippen LogP contribution in [0.1, 0.15) is 36.6 Å². The van der Waals surface area contributed by atoms with Gasteiger partial charge >= 0.3 is 5.97 Å². The topological polar surface area (TPSA) is 105 Å². The number of carbonyl (C=O) groups excluding carboxylic acids is 1. The summed E-state index contributed by atoms with van der Waals surface area (Å²) in [5.41, 5.74) is 0.817. The van der Waals surface area contributed by atoms with Gasteiger partial charge in [-0.15, -0.1) is 11.3 Å². The van der Waals surface area contributed by atoms with Crippen LogP contribution in [0.5, 0.6) is 0 Å². The molecule has 1 amide bonds. The van der Waals surface area contributed by atoms with Crippen molar-refractivity contribution < 1.29 is 14.7 Å². The number of rotatable bonds is 4. The number of carbonyl (C=O) groups is 2. The molecular formula is C12H12N4O3S. The highest BCUT2D eigenvalue weighted by molar-refractivity contribution is 7.11. The molecule has 8 heteroatoms. The Bertz CT molecular complexity index is 632. The largest absolute Gasteiger partial charge is 0.476 e. The third-order valence-corrected chi connectivity index (χ3v) is 3.65. The molecule has 0 atom stereocenters. The molecule has 104 valence electrons. The average Bonchev–Trinajstić information content (AvgIpc) is 2.75. The van der Waals surface area contributed by atoms with Gasteiger partial charge in [0.2, 0.25) is 0 Å². The Morgan fingerprint density at radius 2 is 1.90 bits per heavy atom. The highest BCUT2D eigenvalue weighted by atomic mass is 32.1. The number of aromatic carboxylic acids is 1. The van der Waals surface area contributed by atoms with Crippen LogP contribution in [0.15, 0.2) is 12.4 Å². The van der Waals surface area contributed by atoms with E-state index in [4.69, 9.17) is 5.11 Å². The quantitative estimate of drug-likeness (QED) is 0.876. The second-order valence-electron chi connectivity index (χ2n) is 4.02. The number of carboxylic acids is 1. The van der Waals surface area contributed by atoms with E-state index in [2.05, 4.69) is 20.3 Å². The maximum atomic E-state index is 11.8. The van der Waals surface area contributed by atoms with Gasteiger partial charge in [-0.25, -0.2) is 19.7 Å². The fourth-order valence-corrected chi connectivity index (χ4v) is 2.29. The first kappa shape index (κ1) is 14.1. The van der Waals surface area contributed by atoms with Gasteiger partial charge in [0, 0.05) is 4.88 Å². The number of carboxylic acid groups (broad SMARTS) is 1. The molecule has 0 aliphatic heterocycles. The van der Waals surface area contributed by atoms with Crippen LogP contribution in [0.3, 0.4) is 0 Å². The first-order valence-electron chi connectivity index (χ1n) is 5.74. The molecule has 2 aromatic rings. The fourth-order valence-electron chi connectivity index (χ4n) is 1.42. The molecule has 0 saturated carbocycles. The van der Waals surface area contributed by atoms with Crippen molar-refractivity contribution in [2.24, 2.45) is 0 Å². The second-order valence-corrected chi connectivity index (χ2v) is 5.31. The number of nitrogens with zero attached hydrogens (tertiary/aromatic N) is 3. The molecule has 7 nitrogen and oxygen atoms in total. The molecule has 0 aromatic carbocycles. The van der Waals surface area contributed by atoms with Crippen LogP contribution in [-0.2, 0) is 6.54 Å². The Balaban J connectivity index is 1.99. The zero-order valence-corrected chi connectivity index (χ0v) is 11.7. The van der Waals surface area contributed by atoms with Crippen molar-refractivity contribution in [2.75, 3.05) is 0 Å².